The van der Waals surface area contributed by atoms with E-state index in [-0.39, 0.29) is 29.9 Å². The highest BCUT2D eigenvalue weighted by Gasteiger charge is 2.44. The molecule has 3 atom stereocenters. The molecule has 3 aliphatic rings. The molecule has 1 aromatic rings. The summed E-state index contributed by atoms with van der Waals surface area (Å²) in [4.78, 5) is 32.1. The lowest BCUT2D eigenvalue weighted by atomic mass is 10.0. The maximum atomic E-state index is 12.9. The van der Waals surface area contributed by atoms with Gasteiger partial charge in [-0.2, -0.15) is 0 Å². The first-order chi connectivity index (χ1) is 14.0. The van der Waals surface area contributed by atoms with Gasteiger partial charge >= 0.3 is 0 Å². The van der Waals surface area contributed by atoms with Crippen LogP contribution < -0.4 is 5.32 Å². The number of aryl methyl sites for hydroxylation is 1. The summed E-state index contributed by atoms with van der Waals surface area (Å²) in [5, 5.41) is 3.17. The SMILES string of the molecule is Cc1ccc(CN2CC[C@@H]3[C@H]2C(=O)NC[C@H](CCC(=O)N2CCCC2)N3C)cc1. The number of likely N-dealkylation sites (N-methyl/N-ethyl adjacent to an activating group) is 1. The Balaban J connectivity index is 1.39. The molecule has 4 rings (SSSR count). The van der Waals surface area contributed by atoms with E-state index in [4.69, 9.17) is 0 Å². The van der Waals surface area contributed by atoms with Gasteiger partial charge < -0.3 is 10.2 Å². The van der Waals surface area contributed by atoms with Crippen molar-refractivity contribution in [2.24, 2.45) is 0 Å². The molecule has 1 N–H and O–H groups in total. The van der Waals surface area contributed by atoms with Crippen LogP contribution in [-0.4, -0.2) is 77.9 Å². The molecule has 0 bridgehead atoms. The zero-order chi connectivity index (χ0) is 20.4. The number of hydrogen-bond donors (Lipinski definition) is 1. The van der Waals surface area contributed by atoms with Crippen LogP contribution in [0.25, 0.3) is 0 Å². The Morgan fingerprint density at radius 1 is 1.14 bits per heavy atom. The van der Waals surface area contributed by atoms with E-state index in [9.17, 15) is 9.59 Å². The van der Waals surface area contributed by atoms with E-state index in [1.807, 2.05) is 4.90 Å². The molecule has 0 aromatic heterocycles. The van der Waals surface area contributed by atoms with Crippen LogP contribution in [0.1, 0.15) is 43.2 Å². The minimum absolute atomic E-state index is 0.111. The van der Waals surface area contributed by atoms with Crippen LogP contribution in [0.5, 0.6) is 0 Å². The van der Waals surface area contributed by atoms with E-state index in [1.54, 1.807) is 0 Å². The highest BCUT2D eigenvalue weighted by Crippen LogP contribution is 2.28. The largest absolute Gasteiger partial charge is 0.353 e. The number of amides is 2. The van der Waals surface area contributed by atoms with E-state index in [0.717, 1.165) is 51.9 Å². The molecule has 0 radical (unpaired) electrons. The third-order valence-corrected chi connectivity index (χ3v) is 7.01. The van der Waals surface area contributed by atoms with Crippen molar-refractivity contribution in [2.45, 2.75) is 63.7 Å². The fourth-order valence-corrected chi connectivity index (χ4v) is 5.17. The summed E-state index contributed by atoms with van der Waals surface area (Å²) in [6.07, 6.45) is 4.65. The van der Waals surface area contributed by atoms with Gasteiger partial charge in [0.15, 0.2) is 0 Å². The third-order valence-electron chi connectivity index (χ3n) is 7.01. The van der Waals surface area contributed by atoms with Gasteiger partial charge in [0.25, 0.3) is 0 Å². The number of nitrogens with one attached hydrogen (secondary N) is 1. The number of likely N-dealkylation sites (tertiary alicyclic amines) is 2. The predicted octanol–water partition coefficient (Wildman–Crippen LogP) is 1.77. The fraction of sp³-hybridized carbons (Fsp3) is 0.652. The van der Waals surface area contributed by atoms with Crippen molar-refractivity contribution in [1.82, 2.24) is 20.0 Å². The molecule has 158 valence electrons. The summed E-state index contributed by atoms with van der Waals surface area (Å²) >= 11 is 0. The van der Waals surface area contributed by atoms with Gasteiger partial charge in [-0.05, 0) is 45.2 Å². The average Bonchev–Trinajstić information content (AvgIpc) is 3.37. The lowest BCUT2D eigenvalue weighted by molar-refractivity contribution is -0.130. The molecular formula is C23H34N4O2. The number of benzene rings is 1. The summed E-state index contributed by atoms with van der Waals surface area (Å²) in [5.41, 5.74) is 2.51. The van der Waals surface area contributed by atoms with Crippen molar-refractivity contribution in [3.63, 3.8) is 0 Å². The van der Waals surface area contributed by atoms with Crippen molar-refractivity contribution in [2.75, 3.05) is 33.2 Å². The molecule has 0 spiro atoms. The number of fused-ring (bicyclic) bond motifs is 1. The molecule has 3 aliphatic heterocycles. The van der Waals surface area contributed by atoms with E-state index in [0.29, 0.717) is 13.0 Å². The summed E-state index contributed by atoms with van der Waals surface area (Å²) < 4.78 is 0. The first-order valence-electron chi connectivity index (χ1n) is 11.1. The van der Waals surface area contributed by atoms with Crippen LogP contribution in [0.4, 0.5) is 0 Å². The standard InChI is InChI=1S/C23H34N4O2/c1-17-5-7-18(8-6-17)16-27-14-11-20-22(27)23(29)24-15-19(25(20)2)9-10-21(28)26-12-3-4-13-26/h5-8,19-20,22H,3-4,9-16H2,1-2H3,(H,24,29)/t19-,20+,22-/m0/s1. The van der Waals surface area contributed by atoms with Crippen LogP contribution in [0, 0.1) is 6.92 Å². The molecule has 29 heavy (non-hydrogen) atoms. The first kappa shape index (κ1) is 20.4. The summed E-state index contributed by atoms with van der Waals surface area (Å²) in [6, 6.07) is 8.92. The minimum atomic E-state index is -0.111. The monoisotopic (exact) mass is 398 g/mol. The van der Waals surface area contributed by atoms with Gasteiger partial charge in [-0.15, -0.1) is 0 Å². The van der Waals surface area contributed by atoms with Crippen molar-refractivity contribution in [3.8, 4) is 0 Å². The molecule has 6 nitrogen and oxygen atoms in total. The Morgan fingerprint density at radius 2 is 1.86 bits per heavy atom. The van der Waals surface area contributed by atoms with Gasteiger partial charge in [0.1, 0.15) is 6.04 Å². The summed E-state index contributed by atoms with van der Waals surface area (Å²) in [5.74, 6) is 0.412. The normalized spacial score (nSPS) is 28.3. The molecule has 0 unspecified atom stereocenters. The zero-order valence-corrected chi connectivity index (χ0v) is 17.8. The van der Waals surface area contributed by atoms with Crippen molar-refractivity contribution in [3.05, 3.63) is 35.4 Å². The first-order valence-corrected chi connectivity index (χ1v) is 11.1. The van der Waals surface area contributed by atoms with E-state index in [2.05, 4.69) is 53.4 Å². The lowest BCUT2D eigenvalue weighted by Crippen LogP contribution is -2.49. The topological polar surface area (TPSA) is 55.9 Å². The maximum absolute atomic E-state index is 12.9. The number of carbonyl (C=O) groups excluding carboxylic acids is 2. The molecule has 0 saturated carbocycles. The predicted molar refractivity (Wildman–Crippen MR) is 113 cm³/mol. The van der Waals surface area contributed by atoms with Crippen LogP contribution in [0.15, 0.2) is 24.3 Å². The van der Waals surface area contributed by atoms with Gasteiger partial charge in [-0.25, -0.2) is 0 Å². The molecular weight excluding hydrogens is 364 g/mol. The quantitative estimate of drug-likeness (QED) is 0.821. The lowest BCUT2D eigenvalue weighted by Gasteiger charge is -2.33. The molecule has 6 heteroatoms. The Labute approximate surface area is 174 Å². The van der Waals surface area contributed by atoms with E-state index < -0.39 is 0 Å². The second-order valence-electron chi connectivity index (χ2n) is 8.95. The summed E-state index contributed by atoms with van der Waals surface area (Å²) in [6.45, 7) is 6.29. The molecule has 3 fully saturated rings. The molecule has 0 aliphatic carbocycles. The Morgan fingerprint density at radius 3 is 2.59 bits per heavy atom. The van der Waals surface area contributed by atoms with Gasteiger partial charge in [0, 0.05) is 51.2 Å². The van der Waals surface area contributed by atoms with Crippen LogP contribution in [0.3, 0.4) is 0 Å². The molecule has 1 aromatic carbocycles. The molecule has 2 amide bonds. The Kier molecular flexibility index (Phi) is 6.20. The fourth-order valence-electron chi connectivity index (χ4n) is 5.17. The van der Waals surface area contributed by atoms with Gasteiger partial charge in [-0.1, -0.05) is 29.8 Å². The molecule has 3 saturated heterocycles. The van der Waals surface area contributed by atoms with Gasteiger partial charge in [0.2, 0.25) is 11.8 Å². The Hall–Kier alpha value is -1.92. The Bertz CT molecular complexity index is 729. The van der Waals surface area contributed by atoms with Crippen LogP contribution >= 0.6 is 0 Å². The molecule has 3 heterocycles. The van der Waals surface area contributed by atoms with Crippen molar-refractivity contribution >= 4 is 11.8 Å². The second kappa shape index (κ2) is 8.84. The summed E-state index contributed by atoms with van der Waals surface area (Å²) in [7, 11) is 2.14. The highest BCUT2D eigenvalue weighted by atomic mass is 16.2. The maximum Gasteiger partial charge on any atom is 0.239 e. The number of rotatable bonds is 5. The second-order valence-corrected chi connectivity index (χ2v) is 8.95. The van der Waals surface area contributed by atoms with E-state index in [1.165, 1.54) is 11.1 Å². The van der Waals surface area contributed by atoms with Crippen LogP contribution in [0.2, 0.25) is 0 Å². The number of carbonyl (C=O) groups is 2. The van der Waals surface area contributed by atoms with Crippen LogP contribution in [-0.2, 0) is 16.1 Å². The highest BCUT2D eigenvalue weighted by molar-refractivity contribution is 5.83. The zero-order valence-electron chi connectivity index (χ0n) is 17.8. The minimum Gasteiger partial charge on any atom is -0.353 e. The van der Waals surface area contributed by atoms with Gasteiger partial charge in [-0.3, -0.25) is 19.4 Å². The number of nitrogens with zero attached hydrogens (tertiary/aromatic N) is 3. The van der Waals surface area contributed by atoms with E-state index >= 15 is 0 Å². The smallest absolute Gasteiger partial charge is 0.239 e. The number of hydrogen-bond acceptors (Lipinski definition) is 4. The average molecular weight is 399 g/mol. The third kappa shape index (κ3) is 4.48. The van der Waals surface area contributed by atoms with Gasteiger partial charge in [0.05, 0.1) is 0 Å². The van der Waals surface area contributed by atoms with Crippen molar-refractivity contribution < 1.29 is 9.59 Å². The van der Waals surface area contributed by atoms with Crippen molar-refractivity contribution in [1.29, 1.82) is 0 Å².